The summed E-state index contributed by atoms with van der Waals surface area (Å²) in [6.45, 7) is 2.91. The highest BCUT2D eigenvalue weighted by Gasteiger charge is 2.17. The SMILES string of the molecule is CC(CC1CCCCC1)NCc1ccccc1NC(N)=NS(=O)(=O)c1cccs1. The lowest BCUT2D eigenvalue weighted by atomic mass is 9.85. The minimum Gasteiger partial charge on any atom is -0.369 e. The van der Waals surface area contributed by atoms with Gasteiger partial charge in [-0.3, -0.25) is 0 Å². The maximum Gasteiger partial charge on any atom is 0.295 e. The number of anilines is 1. The molecule has 0 bridgehead atoms. The Labute approximate surface area is 177 Å². The molecule has 1 aromatic heterocycles. The third-order valence-electron chi connectivity index (χ3n) is 5.30. The van der Waals surface area contributed by atoms with Crippen LogP contribution in [0.15, 0.2) is 50.4 Å². The molecule has 4 N–H and O–H groups in total. The number of nitrogens with two attached hydrogens (primary N) is 1. The molecule has 0 saturated heterocycles. The highest BCUT2D eigenvalue weighted by molar-refractivity contribution is 7.92. The molecule has 1 aliphatic carbocycles. The van der Waals surface area contributed by atoms with Crippen LogP contribution in [-0.4, -0.2) is 20.4 Å². The first kappa shape index (κ1) is 21.8. The fraction of sp³-hybridized carbons (Fsp3) is 0.476. The first-order valence-electron chi connectivity index (χ1n) is 10.2. The van der Waals surface area contributed by atoms with Gasteiger partial charge in [-0.15, -0.1) is 15.7 Å². The van der Waals surface area contributed by atoms with Crippen LogP contribution in [0, 0.1) is 5.92 Å². The average molecular weight is 435 g/mol. The molecule has 1 unspecified atom stereocenters. The molecule has 1 atom stereocenters. The van der Waals surface area contributed by atoms with E-state index in [9.17, 15) is 8.42 Å². The largest absolute Gasteiger partial charge is 0.369 e. The molecule has 1 fully saturated rings. The van der Waals surface area contributed by atoms with E-state index in [-0.39, 0.29) is 10.2 Å². The van der Waals surface area contributed by atoms with Crippen molar-refractivity contribution in [1.82, 2.24) is 5.32 Å². The van der Waals surface area contributed by atoms with Crippen molar-refractivity contribution in [3.05, 3.63) is 47.3 Å². The Morgan fingerprint density at radius 1 is 1.21 bits per heavy atom. The molecule has 2 aromatic rings. The summed E-state index contributed by atoms with van der Waals surface area (Å²) < 4.78 is 28.4. The highest BCUT2D eigenvalue weighted by atomic mass is 32.2. The van der Waals surface area contributed by atoms with E-state index in [2.05, 4.69) is 22.0 Å². The van der Waals surface area contributed by atoms with Crippen LogP contribution in [0.3, 0.4) is 0 Å². The number of rotatable bonds is 8. The van der Waals surface area contributed by atoms with Crippen molar-refractivity contribution >= 4 is 33.0 Å². The van der Waals surface area contributed by atoms with E-state index in [4.69, 9.17) is 5.73 Å². The predicted octanol–water partition coefficient (Wildman–Crippen LogP) is 4.31. The van der Waals surface area contributed by atoms with E-state index in [1.165, 1.54) is 44.6 Å². The van der Waals surface area contributed by atoms with Gasteiger partial charge >= 0.3 is 0 Å². The molecule has 0 spiro atoms. The van der Waals surface area contributed by atoms with Gasteiger partial charge in [0.2, 0.25) is 5.96 Å². The number of nitrogens with zero attached hydrogens (tertiary/aromatic N) is 1. The lowest BCUT2D eigenvalue weighted by molar-refractivity contribution is 0.305. The molecule has 1 heterocycles. The third-order valence-corrected chi connectivity index (χ3v) is 7.96. The number of hydrogen-bond acceptors (Lipinski definition) is 4. The van der Waals surface area contributed by atoms with Crippen molar-refractivity contribution in [2.24, 2.45) is 16.0 Å². The Morgan fingerprint density at radius 2 is 1.97 bits per heavy atom. The van der Waals surface area contributed by atoms with Crippen molar-refractivity contribution in [1.29, 1.82) is 0 Å². The number of benzene rings is 1. The number of guanidine groups is 1. The first-order chi connectivity index (χ1) is 13.9. The zero-order valence-corrected chi connectivity index (χ0v) is 18.4. The van der Waals surface area contributed by atoms with Gasteiger partial charge in [-0.25, -0.2) is 0 Å². The van der Waals surface area contributed by atoms with E-state index in [1.807, 2.05) is 24.3 Å². The molecule has 1 aliphatic rings. The van der Waals surface area contributed by atoms with Gasteiger partial charge in [-0.05, 0) is 42.3 Å². The van der Waals surface area contributed by atoms with E-state index < -0.39 is 10.0 Å². The molecule has 0 aliphatic heterocycles. The second-order valence-corrected chi connectivity index (χ2v) is 10.5. The maximum atomic E-state index is 12.3. The van der Waals surface area contributed by atoms with Crippen LogP contribution in [0.2, 0.25) is 0 Å². The number of hydrogen-bond donors (Lipinski definition) is 3. The predicted molar refractivity (Wildman–Crippen MR) is 121 cm³/mol. The summed E-state index contributed by atoms with van der Waals surface area (Å²) in [7, 11) is -3.79. The fourth-order valence-electron chi connectivity index (χ4n) is 3.83. The van der Waals surface area contributed by atoms with Gasteiger partial charge in [0, 0.05) is 18.3 Å². The lowest BCUT2D eigenvalue weighted by Crippen LogP contribution is -2.29. The van der Waals surface area contributed by atoms with Gasteiger partial charge in [-0.1, -0.05) is 56.4 Å². The Hall–Kier alpha value is -1.90. The van der Waals surface area contributed by atoms with E-state index in [1.54, 1.807) is 11.4 Å². The number of thiophene rings is 1. The summed E-state index contributed by atoms with van der Waals surface area (Å²) in [6.07, 6.45) is 7.97. The second-order valence-electron chi connectivity index (χ2n) is 7.69. The van der Waals surface area contributed by atoms with Crippen LogP contribution >= 0.6 is 11.3 Å². The van der Waals surface area contributed by atoms with Gasteiger partial charge in [0.1, 0.15) is 4.21 Å². The summed E-state index contributed by atoms with van der Waals surface area (Å²) in [5.74, 6) is 0.686. The zero-order valence-electron chi connectivity index (χ0n) is 16.8. The summed E-state index contributed by atoms with van der Waals surface area (Å²) in [5.41, 5.74) is 7.67. The number of para-hydroxylation sites is 1. The molecule has 0 amide bonds. The van der Waals surface area contributed by atoms with E-state index >= 15 is 0 Å². The summed E-state index contributed by atoms with van der Waals surface area (Å²) in [5, 5.41) is 8.24. The minimum absolute atomic E-state index is 0.138. The summed E-state index contributed by atoms with van der Waals surface area (Å²) >= 11 is 1.12. The number of nitrogens with one attached hydrogen (secondary N) is 2. The Balaban J connectivity index is 1.60. The van der Waals surface area contributed by atoms with Gasteiger partial charge in [0.25, 0.3) is 10.0 Å². The van der Waals surface area contributed by atoms with Crippen molar-refractivity contribution < 1.29 is 8.42 Å². The molecule has 1 saturated carbocycles. The number of sulfonamides is 1. The van der Waals surface area contributed by atoms with E-state index in [0.717, 1.165) is 28.5 Å². The molecule has 6 nitrogen and oxygen atoms in total. The molecular weight excluding hydrogens is 404 g/mol. The molecule has 3 rings (SSSR count). The Morgan fingerprint density at radius 3 is 2.69 bits per heavy atom. The highest BCUT2D eigenvalue weighted by Crippen LogP contribution is 2.27. The van der Waals surface area contributed by atoms with Crippen LogP contribution in [0.5, 0.6) is 0 Å². The topological polar surface area (TPSA) is 96.6 Å². The van der Waals surface area contributed by atoms with Crippen LogP contribution in [0.4, 0.5) is 5.69 Å². The van der Waals surface area contributed by atoms with Crippen LogP contribution in [0.1, 0.15) is 51.0 Å². The van der Waals surface area contributed by atoms with Gasteiger partial charge in [0.15, 0.2) is 0 Å². The molecule has 1 aromatic carbocycles. The zero-order chi connectivity index (χ0) is 20.7. The van der Waals surface area contributed by atoms with Crippen LogP contribution in [-0.2, 0) is 16.6 Å². The normalized spacial score (nSPS) is 17.2. The molecule has 158 valence electrons. The Kier molecular flexibility index (Phi) is 7.69. The quantitative estimate of drug-likeness (QED) is 0.425. The van der Waals surface area contributed by atoms with Crippen molar-refractivity contribution in [3.8, 4) is 0 Å². The van der Waals surface area contributed by atoms with Crippen LogP contribution < -0.4 is 16.4 Å². The van der Waals surface area contributed by atoms with Gasteiger partial charge < -0.3 is 16.4 Å². The maximum absolute atomic E-state index is 12.3. The standard InChI is InChI=1S/C21H30N4O2S2/c1-16(14-17-8-3-2-4-9-17)23-15-18-10-5-6-11-19(18)24-21(22)25-29(26,27)20-12-7-13-28-20/h5-7,10-13,16-17,23H,2-4,8-9,14-15H2,1H3,(H3,22,24,25). The second kappa shape index (κ2) is 10.2. The van der Waals surface area contributed by atoms with Crippen LogP contribution in [0.25, 0.3) is 0 Å². The Bertz CT molecular complexity index is 905. The molecular formula is C21H30N4O2S2. The summed E-state index contributed by atoms with van der Waals surface area (Å²) in [6, 6.07) is 11.3. The van der Waals surface area contributed by atoms with Gasteiger partial charge in [0.05, 0.1) is 0 Å². The smallest absolute Gasteiger partial charge is 0.295 e. The fourth-order valence-corrected chi connectivity index (χ4v) is 5.69. The third kappa shape index (κ3) is 6.55. The van der Waals surface area contributed by atoms with E-state index in [0.29, 0.717) is 12.6 Å². The van der Waals surface area contributed by atoms with Crippen molar-refractivity contribution in [2.75, 3.05) is 5.32 Å². The molecule has 8 heteroatoms. The average Bonchev–Trinajstić information content (AvgIpc) is 3.23. The summed E-state index contributed by atoms with van der Waals surface area (Å²) in [4.78, 5) is 0. The minimum atomic E-state index is -3.79. The van der Waals surface area contributed by atoms with Crippen molar-refractivity contribution in [3.63, 3.8) is 0 Å². The lowest BCUT2D eigenvalue weighted by Gasteiger charge is -2.25. The first-order valence-corrected chi connectivity index (χ1v) is 12.5. The van der Waals surface area contributed by atoms with Gasteiger partial charge in [-0.2, -0.15) is 8.42 Å². The molecule has 29 heavy (non-hydrogen) atoms. The van der Waals surface area contributed by atoms with Crippen molar-refractivity contribution in [2.45, 2.75) is 62.2 Å². The molecule has 0 radical (unpaired) electrons. The monoisotopic (exact) mass is 434 g/mol.